The second-order valence-corrected chi connectivity index (χ2v) is 4.62. The van der Waals surface area contributed by atoms with Crippen molar-refractivity contribution in [3.05, 3.63) is 0 Å². The van der Waals surface area contributed by atoms with E-state index >= 15 is 0 Å². The quantitative estimate of drug-likeness (QED) is 0.553. The van der Waals surface area contributed by atoms with Gasteiger partial charge in [-0.1, -0.05) is 0 Å². The fraction of sp³-hybridized carbons (Fsp3) is 1.00. The molecule has 0 aromatic heterocycles. The number of rotatable bonds is 1. The van der Waals surface area contributed by atoms with E-state index in [1.807, 2.05) is 0 Å². The summed E-state index contributed by atoms with van der Waals surface area (Å²) in [4.78, 5) is 2.76. The molecule has 1 unspecified atom stereocenters. The molecule has 2 bridgehead atoms. The summed E-state index contributed by atoms with van der Waals surface area (Å²) in [6, 6.07) is 1.03. The van der Waals surface area contributed by atoms with E-state index in [-0.39, 0.29) is 0 Å². The molecule has 1 saturated carbocycles. The van der Waals surface area contributed by atoms with E-state index in [2.05, 4.69) is 4.90 Å². The first kappa shape index (κ1) is 6.47. The molecule has 62 valence electrons. The zero-order valence-electron chi connectivity index (χ0n) is 7.13. The molecule has 0 aromatic carbocycles. The Morgan fingerprint density at radius 2 is 1.64 bits per heavy atom. The molecule has 0 aromatic rings. The molecule has 1 heteroatoms. The van der Waals surface area contributed by atoms with Crippen molar-refractivity contribution in [2.75, 3.05) is 13.1 Å². The first-order valence-corrected chi connectivity index (χ1v) is 5.17. The molecule has 3 saturated heterocycles. The summed E-state index contributed by atoms with van der Waals surface area (Å²) in [7, 11) is 0. The number of hydrogen-bond acceptors (Lipinski definition) is 1. The first-order valence-electron chi connectivity index (χ1n) is 5.17. The largest absolute Gasteiger partial charge is 0.300 e. The molecule has 4 fully saturated rings. The molecule has 0 radical (unpaired) electrons. The molecule has 1 aliphatic carbocycles. The standard InChI is InChI=1S/C10H17N/c1-2-9(1)10-7-8-3-5-11(10)6-4-8/h8-10H,1-7H2. The van der Waals surface area contributed by atoms with Crippen LogP contribution in [-0.2, 0) is 0 Å². The summed E-state index contributed by atoms with van der Waals surface area (Å²) < 4.78 is 0. The third-order valence-electron chi connectivity index (χ3n) is 3.86. The van der Waals surface area contributed by atoms with Gasteiger partial charge in [-0.05, 0) is 57.0 Å². The van der Waals surface area contributed by atoms with Gasteiger partial charge in [0.05, 0.1) is 0 Å². The van der Waals surface area contributed by atoms with Gasteiger partial charge in [0.2, 0.25) is 0 Å². The minimum absolute atomic E-state index is 1.03. The maximum atomic E-state index is 2.76. The SMILES string of the molecule is C1CN2CCC1CC2C1CC1. The lowest BCUT2D eigenvalue weighted by Crippen LogP contribution is -2.49. The van der Waals surface area contributed by atoms with Crippen LogP contribution in [-0.4, -0.2) is 24.0 Å². The highest BCUT2D eigenvalue weighted by molar-refractivity contribution is 4.95. The molecule has 0 N–H and O–H groups in total. The topological polar surface area (TPSA) is 3.24 Å². The first-order chi connectivity index (χ1) is 5.43. The molecule has 3 aliphatic heterocycles. The molecule has 1 atom stereocenters. The van der Waals surface area contributed by atoms with Crippen LogP contribution in [0.4, 0.5) is 0 Å². The lowest BCUT2D eigenvalue weighted by molar-refractivity contribution is 0.0381. The predicted octanol–water partition coefficient (Wildman–Crippen LogP) is 1.88. The Kier molecular flexibility index (Phi) is 1.31. The Balaban J connectivity index is 1.75. The Bertz CT molecular complexity index is 154. The third-order valence-corrected chi connectivity index (χ3v) is 3.86. The Labute approximate surface area is 68.8 Å². The number of hydrogen-bond donors (Lipinski definition) is 0. The lowest BCUT2D eigenvalue weighted by atomic mass is 9.81. The second kappa shape index (κ2) is 2.22. The molecule has 0 amide bonds. The second-order valence-electron chi connectivity index (χ2n) is 4.62. The number of nitrogens with zero attached hydrogens (tertiary/aromatic N) is 1. The summed E-state index contributed by atoms with van der Waals surface area (Å²) in [6.07, 6.45) is 7.62. The third kappa shape index (κ3) is 1.01. The average molecular weight is 151 g/mol. The van der Waals surface area contributed by atoms with Crippen LogP contribution in [0, 0.1) is 11.8 Å². The summed E-state index contributed by atoms with van der Waals surface area (Å²) in [6.45, 7) is 2.84. The molecule has 4 rings (SSSR count). The van der Waals surface area contributed by atoms with Gasteiger partial charge in [-0.3, -0.25) is 0 Å². The van der Waals surface area contributed by atoms with Gasteiger partial charge in [0, 0.05) is 6.04 Å². The van der Waals surface area contributed by atoms with Gasteiger partial charge in [0.25, 0.3) is 0 Å². The smallest absolute Gasteiger partial charge is 0.0126 e. The van der Waals surface area contributed by atoms with Crippen molar-refractivity contribution in [2.24, 2.45) is 11.8 Å². The van der Waals surface area contributed by atoms with Crippen LogP contribution in [0.25, 0.3) is 0 Å². The maximum absolute atomic E-state index is 2.76. The minimum atomic E-state index is 1.03. The van der Waals surface area contributed by atoms with E-state index in [9.17, 15) is 0 Å². The summed E-state index contributed by atoms with van der Waals surface area (Å²) in [5.41, 5.74) is 0. The van der Waals surface area contributed by atoms with Crippen LogP contribution in [0.2, 0.25) is 0 Å². The van der Waals surface area contributed by atoms with E-state index in [4.69, 9.17) is 0 Å². The molecule has 1 nitrogen and oxygen atoms in total. The molecule has 0 spiro atoms. The van der Waals surface area contributed by atoms with Crippen molar-refractivity contribution < 1.29 is 0 Å². The van der Waals surface area contributed by atoms with E-state index < -0.39 is 0 Å². The van der Waals surface area contributed by atoms with Gasteiger partial charge in [-0.25, -0.2) is 0 Å². The fourth-order valence-corrected chi connectivity index (χ4v) is 2.98. The van der Waals surface area contributed by atoms with Crippen molar-refractivity contribution in [3.63, 3.8) is 0 Å². The minimum Gasteiger partial charge on any atom is -0.300 e. The van der Waals surface area contributed by atoms with Crippen molar-refractivity contribution in [2.45, 2.75) is 38.1 Å². The van der Waals surface area contributed by atoms with Crippen LogP contribution in [0.15, 0.2) is 0 Å². The number of fused-ring (bicyclic) bond motifs is 3. The summed E-state index contributed by atoms with van der Waals surface area (Å²) >= 11 is 0. The van der Waals surface area contributed by atoms with E-state index in [0.29, 0.717) is 0 Å². The van der Waals surface area contributed by atoms with Gasteiger partial charge in [-0.15, -0.1) is 0 Å². The zero-order valence-corrected chi connectivity index (χ0v) is 7.13. The monoisotopic (exact) mass is 151 g/mol. The van der Waals surface area contributed by atoms with Crippen LogP contribution >= 0.6 is 0 Å². The van der Waals surface area contributed by atoms with Gasteiger partial charge >= 0.3 is 0 Å². The van der Waals surface area contributed by atoms with Crippen molar-refractivity contribution in [1.82, 2.24) is 4.90 Å². The van der Waals surface area contributed by atoms with Crippen LogP contribution in [0.3, 0.4) is 0 Å². The van der Waals surface area contributed by atoms with Gasteiger partial charge in [-0.2, -0.15) is 0 Å². The van der Waals surface area contributed by atoms with Gasteiger partial charge in [0.1, 0.15) is 0 Å². The molecule has 11 heavy (non-hydrogen) atoms. The van der Waals surface area contributed by atoms with Crippen LogP contribution in [0.5, 0.6) is 0 Å². The zero-order chi connectivity index (χ0) is 7.26. The Hall–Kier alpha value is -0.0400. The molecule has 3 heterocycles. The highest BCUT2D eigenvalue weighted by Crippen LogP contribution is 2.44. The normalized spacial score (nSPS) is 49.6. The average Bonchev–Trinajstić information content (AvgIpc) is 2.89. The number of piperidine rings is 3. The Morgan fingerprint density at radius 1 is 0.909 bits per heavy atom. The molecule has 4 aliphatic rings. The fourth-order valence-electron chi connectivity index (χ4n) is 2.98. The predicted molar refractivity (Wildman–Crippen MR) is 45.4 cm³/mol. The van der Waals surface area contributed by atoms with Gasteiger partial charge < -0.3 is 4.90 Å². The van der Waals surface area contributed by atoms with Crippen molar-refractivity contribution in [1.29, 1.82) is 0 Å². The van der Waals surface area contributed by atoms with E-state index in [1.54, 1.807) is 6.42 Å². The lowest BCUT2D eigenvalue weighted by Gasteiger charge is -2.45. The van der Waals surface area contributed by atoms with E-state index in [0.717, 1.165) is 17.9 Å². The highest BCUT2D eigenvalue weighted by Gasteiger charge is 2.41. The molecular weight excluding hydrogens is 134 g/mol. The summed E-state index contributed by atoms with van der Waals surface area (Å²) in [5.74, 6) is 2.24. The summed E-state index contributed by atoms with van der Waals surface area (Å²) in [5, 5.41) is 0. The van der Waals surface area contributed by atoms with Gasteiger partial charge in [0.15, 0.2) is 0 Å². The maximum Gasteiger partial charge on any atom is 0.0126 e. The van der Waals surface area contributed by atoms with E-state index in [1.165, 1.54) is 38.8 Å². The van der Waals surface area contributed by atoms with Crippen molar-refractivity contribution in [3.8, 4) is 0 Å². The van der Waals surface area contributed by atoms with Crippen LogP contribution in [0.1, 0.15) is 32.1 Å². The van der Waals surface area contributed by atoms with Crippen molar-refractivity contribution >= 4 is 0 Å². The molecular formula is C10H17N. The van der Waals surface area contributed by atoms with Crippen LogP contribution < -0.4 is 0 Å². The highest BCUT2D eigenvalue weighted by atomic mass is 15.2. The Morgan fingerprint density at radius 3 is 2.09 bits per heavy atom.